The van der Waals surface area contributed by atoms with Crippen LogP contribution in [0.3, 0.4) is 0 Å². The van der Waals surface area contributed by atoms with Crippen LogP contribution in [0.1, 0.15) is 35.9 Å². The highest BCUT2D eigenvalue weighted by Crippen LogP contribution is 2.31. The molecule has 2 heterocycles. The summed E-state index contributed by atoms with van der Waals surface area (Å²) in [5, 5.41) is 13.5. The molecule has 0 radical (unpaired) electrons. The zero-order valence-electron chi connectivity index (χ0n) is 12.6. The molecule has 5 nitrogen and oxygen atoms in total. The number of halogens is 3. The maximum Gasteiger partial charge on any atom is 0.414 e. The van der Waals surface area contributed by atoms with Gasteiger partial charge in [-0.15, -0.1) is 0 Å². The van der Waals surface area contributed by atoms with Gasteiger partial charge in [-0.3, -0.25) is 9.48 Å². The number of likely N-dealkylation sites (tertiary alicyclic amines) is 1. The Bertz CT molecular complexity index is 534. The highest BCUT2D eigenvalue weighted by molar-refractivity contribution is 5.92. The summed E-state index contributed by atoms with van der Waals surface area (Å²) in [6.07, 6.45) is -6.63. The molecule has 1 atom stereocenters. The number of hydrogen-bond donors (Lipinski definition) is 1. The van der Waals surface area contributed by atoms with Gasteiger partial charge in [-0.1, -0.05) is 0 Å². The Hall–Kier alpha value is -1.57. The average Bonchev–Trinajstić information content (AvgIpc) is 2.86. The fraction of sp³-hybridized carbons (Fsp3) is 0.714. The molecule has 124 valence electrons. The van der Waals surface area contributed by atoms with Gasteiger partial charge in [0.25, 0.3) is 5.91 Å². The van der Waals surface area contributed by atoms with Crippen molar-refractivity contribution in [3.05, 3.63) is 17.5 Å². The number of hydrogen-bond acceptors (Lipinski definition) is 3. The van der Waals surface area contributed by atoms with E-state index in [0.29, 0.717) is 12.2 Å². The normalized spacial score (nSPS) is 18.5. The summed E-state index contributed by atoms with van der Waals surface area (Å²) < 4.78 is 39.1. The van der Waals surface area contributed by atoms with Crippen LogP contribution in [0.5, 0.6) is 0 Å². The second-order valence-corrected chi connectivity index (χ2v) is 5.60. The van der Waals surface area contributed by atoms with Gasteiger partial charge >= 0.3 is 6.18 Å². The van der Waals surface area contributed by atoms with Crippen LogP contribution < -0.4 is 0 Å². The molecule has 1 saturated heterocycles. The molecule has 0 aromatic carbocycles. The van der Waals surface area contributed by atoms with Crippen molar-refractivity contribution in [2.75, 3.05) is 13.1 Å². The SMILES string of the molecule is CCn1nc(C)cc1C(=O)N1CCC(C(O)C(F)(F)F)CC1. The monoisotopic (exact) mass is 319 g/mol. The Balaban J connectivity index is 2.01. The first-order valence-corrected chi connectivity index (χ1v) is 7.32. The molecule has 1 aromatic heterocycles. The van der Waals surface area contributed by atoms with Crippen LogP contribution in [0, 0.1) is 12.8 Å². The molecule has 0 bridgehead atoms. The van der Waals surface area contributed by atoms with Gasteiger partial charge in [0, 0.05) is 19.6 Å². The van der Waals surface area contributed by atoms with Gasteiger partial charge in [-0.2, -0.15) is 18.3 Å². The minimum Gasteiger partial charge on any atom is -0.383 e. The molecule has 1 aliphatic heterocycles. The largest absolute Gasteiger partial charge is 0.414 e. The van der Waals surface area contributed by atoms with Crippen LogP contribution in [-0.2, 0) is 6.54 Å². The summed E-state index contributed by atoms with van der Waals surface area (Å²) in [4.78, 5) is 14.0. The zero-order chi connectivity index (χ0) is 16.5. The molecule has 8 heteroatoms. The Labute approximate surface area is 126 Å². The minimum atomic E-state index is -4.60. The Kier molecular flexibility index (Phi) is 4.79. The number of rotatable bonds is 3. The van der Waals surface area contributed by atoms with Crippen molar-refractivity contribution in [1.29, 1.82) is 0 Å². The molecule has 0 spiro atoms. The summed E-state index contributed by atoms with van der Waals surface area (Å²) in [6.45, 7) is 4.64. The molecule has 1 unspecified atom stereocenters. The number of nitrogens with zero attached hydrogens (tertiary/aromatic N) is 3. The van der Waals surface area contributed by atoms with E-state index in [1.54, 1.807) is 17.7 Å². The molecule has 2 rings (SSSR count). The molecule has 0 aliphatic carbocycles. The van der Waals surface area contributed by atoms with E-state index in [2.05, 4.69) is 5.10 Å². The fourth-order valence-corrected chi connectivity index (χ4v) is 2.81. The quantitative estimate of drug-likeness (QED) is 0.927. The maximum absolute atomic E-state index is 12.5. The molecular formula is C14H20F3N3O2. The van der Waals surface area contributed by atoms with E-state index in [9.17, 15) is 23.1 Å². The van der Waals surface area contributed by atoms with E-state index >= 15 is 0 Å². The smallest absolute Gasteiger partial charge is 0.383 e. The number of carbonyl (C=O) groups is 1. The van der Waals surface area contributed by atoms with Gasteiger partial charge in [0.15, 0.2) is 6.10 Å². The van der Waals surface area contributed by atoms with Gasteiger partial charge in [-0.05, 0) is 38.7 Å². The Morgan fingerprint density at radius 3 is 2.55 bits per heavy atom. The second kappa shape index (κ2) is 6.28. The standard InChI is InChI=1S/C14H20F3N3O2/c1-3-20-11(8-9(2)18-20)13(22)19-6-4-10(5-7-19)12(21)14(15,16)17/h8,10,12,21H,3-7H2,1-2H3. The zero-order valence-corrected chi connectivity index (χ0v) is 12.6. The maximum atomic E-state index is 12.5. The number of aryl methyl sites for hydroxylation is 2. The van der Waals surface area contributed by atoms with Crippen LogP contribution >= 0.6 is 0 Å². The van der Waals surface area contributed by atoms with Crippen molar-refractivity contribution in [3.8, 4) is 0 Å². The summed E-state index contributed by atoms with van der Waals surface area (Å²) in [7, 11) is 0. The van der Waals surface area contributed by atoms with Crippen molar-refractivity contribution in [3.63, 3.8) is 0 Å². The first-order valence-electron chi connectivity index (χ1n) is 7.32. The molecule has 1 amide bonds. The molecule has 1 aromatic rings. The van der Waals surface area contributed by atoms with Crippen molar-refractivity contribution < 1.29 is 23.1 Å². The van der Waals surface area contributed by atoms with E-state index in [0.717, 1.165) is 5.69 Å². The number of amides is 1. The van der Waals surface area contributed by atoms with Crippen LogP contribution in [0.2, 0.25) is 0 Å². The number of aliphatic hydroxyl groups is 1. The lowest BCUT2D eigenvalue weighted by molar-refractivity contribution is -0.222. The average molecular weight is 319 g/mol. The molecule has 0 saturated carbocycles. The van der Waals surface area contributed by atoms with Crippen molar-refractivity contribution in [2.45, 2.75) is 45.5 Å². The third-order valence-electron chi connectivity index (χ3n) is 4.03. The number of alkyl halides is 3. The number of aromatic nitrogens is 2. The molecule has 1 fully saturated rings. The summed E-state index contributed by atoms with van der Waals surface area (Å²) in [6, 6.07) is 1.68. The van der Waals surface area contributed by atoms with Crippen LogP contribution in [0.25, 0.3) is 0 Å². The third kappa shape index (κ3) is 3.43. The Morgan fingerprint density at radius 1 is 1.45 bits per heavy atom. The topological polar surface area (TPSA) is 58.4 Å². The van der Waals surface area contributed by atoms with Crippen LogP contribution in [0.15, 0.2) is 6.07 Å². The lowest BCUT2D eigenvalue weighted by atomic mass is 9.91. The highest BCUT2D eigenvalue weighted by atomic mass is 19.4. The fourth-order valence-electron chi connectivity index (χ4n) is 2.81. The Morgan fingerprint density at radius 2 is 2.05 bits per heavy atom. The highest BCUT2D eigenvalue weighted by Gasteiger charge is 2.44. The lowest BCUT2D eigenvalue weighted by Gasteiger charge is -2.34. The van der Waals surface area contributed by atoms with E-state index in [1.165, 1.54) is 4.90 Å². The number of carbonyl (C=O) groups excluding carboxylic acids is 1. The summed E-state index contributed by atoms with van der Waals surface area (Å²) >= 11 is 0. The van der Waals surface area contributed by atoms with Gasteiger partial charge in [0.05, 0.1) is 5.69 Å². The molecule has 22 heavy (non-hydrogen) atoms. The third-order valence-corrected chi connectivity index (χ3v) is 4.03. The van der Waals surface area contributed by atoms with Crippen LogP contribution in [0.4, 0.5) is 13.2 Å². The van der Waals surface area contributed by atoms with Crippen LogP contribution in [-0.4, -0.2) is 51.1 Å². The second-order valence-electron chi connectivity index (χ2n) is 5.60. The van der Waals surface area contributed by atoms with E-state index < -0.39 is 18.2 Å². The first-order chi connectivity index (χ1) is 10.2. The predicted molar refractivity (Wildman–Crippen MR) is 73.3 cm³/mol. The number of aliphatic hydroxyl groups excluding tert-OH is 1. The van der Waals surface area contributed by atoms with E-state index in [1.807, 2.05) is 6.92 Å². The van der Waals surface area contributed by atoms with Gasteiger partial charge in [0.1, 0.15) is 5.69 Å². The van der Waals surface area contributed by atoms with Gasteiger partial charge < -0.3 is 10.0 Å². The van der Waals surface area contributed by atoms with Crippen molar-refractivity contribution >= 4 is 5.91 Å². The van der Waals surface area contributed by atoms with Gasteiger partial charge in [0.2, 0.25) is 0 Å². The molecular weight excluding hydrogens is 299 g/mol. The summed E-state index contributed by atoms with van der Waals surface area (Å²) in [5.74, 6) is -1.07. The van der Waals surface area contributed by atoms with Crippen molar-refractivity contribution in [1.82, 2.24) is 14.7 Å². The van der Waals surface area contributed by atoms with E-state index in [4.69, 9.17) is 0 Å². The molecule has 1 N–H and O–H groups in total. The molecule has 1 aliphatic rings. The number of piperidine rings is 1. The van der Waals surface area contributed by atoms with Gasteiger partial charge in [-0.25, -0.2) is 0 Å². The lowest BCUT2D eigenvalue weighted by Crippen LogP contribution is -2.45. The van der Waals surface area contributed by atoms with E-state index in [-0.39, 0.29) is 31.8 Å². The summed E-state index contributed by atoms with van der Waals surface area (Å²) in [5.41, 5.74) is 1.18. The predicted octanol–water partition coefficient (Wildman–Crippen LogP) is 1.99. The minimum absolute atomic E-state index is 0.145. The first kappa shape index (κ1) is 16.8. The van der Waals surface area contributed by atoms with Crippen molar-refractivity contribution in [2.24, 2.45) is 5.92 Å².